The van der Waals surface area contributed by atoms with Gasteiger partial charge in [-0.3, -0.25) is 0 Å². The molecule has 0 aliphatic rings. The van der Waals surface area contributed by atoms with Gasteiger partial charge >= 0.3 is 12.4 Å². The molecule has 0 saturated heterocycles. The highest BCUT2D eigenvalue weighted by molar-refractivity contribution is 7.80. The van der Waals surface area contributed by atoms with Crippen LogP contribution in [0.2, 0.25) is 0 Å². The summed E-state index contributed by atoms with van der Waals surface area (Å²) in [5.74, 6) is 0. The molecule has 22 heavy (non-hydrogen) atoms. The molecule has 0 unspecified atom stereocenters. The Bertz CT molecular complexity index is 529. The van der Waals surface area contributed by atoms with E-state index in [0.29, 0.717) is 18.2 Å². The molecule has 0 aromatic heterocycles. The molecular weight excluding hydrogens is 334 g/mol. The van der Waals surface area contributed by atoms with Crippen molar-refractivity contribution in [3.8, 4) is 0 Å². The summed E-state index contributed by atoms with van der Waals surface area (Å²) in [5.41, 5.74) is -2.92. The maximum absolute atomic E-state index is 12.8. The van der Waals surface area contributed by atoms with Crippen molar-refractivity contribution in [2.75, 3.05) is 13.2 Å². The molecule has 3 N–H and O–H groups in total. The number of halogens is 6. The van der Waals surface area contributed by atoms with E-state index >= 15 is 0 Å². The van der Waals surface area contributed by atoms with Crippen LogP contribution < -0.4 is 10.6 Å². The van der Waals surface area contributed by atoms with Gasteiger partial charge in [-0.25, -0.2) is 0 Å². The number of benzene rings is 1. The fourth-order valence-electron chi connectivity index (χ4n) is 1.60. The normalized spacial score (nSPS) is 12.1. The van der Waals surface area contributed by atoms with E-state index in [1.54, 1.807) is 0 Å². The summed E-state index contributed by atoms with van der Waals surface area (Å²) in [6, 6.07) is 1.21. The van der Waals surface area contributed by atoms with Gasteiger partial charge in [-0.2, -0.15) is 26.3 Å². The molecule has 0 saturated carbocycles. The highest BCUT2D eigenvalue weighted by Crippen LogP contribution is 2.36. The van der Waals surface area contributed by atoms with Crippen LogP contribution in [0.5, 0.6) is 0 Å². The molecule has 1 aromatic rings. The molecule has 1 rings (SSSR count). The molecule has 0 bridgehead atoms. The number of hydrogen-bond donors (Lipinski definition) is 3. The summed E-state index contributed by atoms with van der Waals surface area (Å²) in [6.07, 6.45) is -9.52. The first-order chi connectivity index (χ1) is 10.1. The number of nitrogens with one attached hydrogen (secondary N) is 2. The van der Waals surface area contributed by atoms with Crippen molar-refractivity contribution in [2.24, 2.45) is 0 Å². The maximum atomic E-state index is 12.8. The minimum absolute atomic E-state index is 0.0698. The number of hydrogen-bond acceptors (Lipinski definition) is 2. The van der Waals surface area contributed by atoms with Crippen molar-refractivity contribution in [1.29, 1.82) is 0 Å². The molecule has 0 heterocycles. The van der Waals surface area contributed by atoms with Gasteiger partial charge in [-0.15, -0.1) is 0 Å². The first-order valence-electron chi connectivity index (χ1n) is 5.95. The van der Waals surface area contributed by atoms with E-state index in [1.165, 1.54) is 0 Å². The van der Waals surface area contributed by atoms with Crippen molar-refractivity contribution in [1.82, 2.24) is 10.6 Å². The molecule has 0 atom stereocenters. The van der Waals surface area contributed by atoms with E-state index in [-0.39, 0.29) is 18.3 Å². The van der Waals surface area contributed by atoms with E-state index in [4.69, 9.17) is 17.3 Å². The first kappa shape index (κ1) is 18.5. The van der Waals surface area contributed by atoms with E-state index in [1.807, 2.05) is 0 Å². The van der Waals surface area contributed by atoms with Crippen LogP contribution in [0.3, 0.4) is 0 Å². The summed E-state index contributed by atoms with van der Waals surface area (Å²) in [7, 11) is 0. The fourth-order valence-corrected chi connectivity index (χ4v) is 1.77. The smallest absolute Gasteiger partial charge is 0.395 e. The van der Waals surface area contributed by atoms with Gasteiger partial charge in [0.1, 0.15) is 0 Å². The van der Waals surface area contributed by atoms with Crippen LogP contribution in [0.4, 0.5) is 26.3 Å². The number of alkyl halides is 6. The second-order valence-corrected chi connectivity index (χ2v) is 4.61. The molecule has 1 aromatic carbocycles. The molecule has 3 nitrogen and oxygen atoms in total. The molecule has 10 heteroatoms. The van der Waals surface area contributed by atoms with Crippen molar-refractivity contribution in [3.05, 3.63) is 34.9 Å². The van der Waals surface area contributed by atoms with Crippen molar-refractivity contribution in [3.63, 3.8) is 0 Å². The monoisotopic (exact) mass is 346 g/mol. The van der Waals surface area contributed by atoms with Gasteiger partial charge in [0.25, 0.3) is 0 Å². The predicted molar refractivity (Wildman–Crippen MR) is 71.0 cm³/mol. The molecule has 0 radical (unpaired) electrons. The van der Waals surface area contributed by atoms with Crippen LogP contribution >= 0.6 is 12.2 Å². The van der Waals surface area contributed by atoms with Crippen LogP contribution in [-0.4, -0.2) is 23.4 Å². The Hall–Kier alpha value is -1.55. The lowest BCUT2D eigenvalue weighted by atomic mass is 10.0. The third-order valence-electron chi connectivity index (χ3n) is 2.57. The Morgan fingerprint density at radius 2 is 1.68 bits per heavy atom. The summed E-state index contributed by atoms with van der Waals surface area (Å²) >= 11 is 4.72. The molecule has 0 fully saturated rings. The maximum Gasteiger partial charge on any atom is 0.416 e. The Morgan fingerprint density at radius 3 is 2.18 bits per heavy atom. The molecule has 0 spiro atoms. The standard InChI is InChI=1S/C12H12F6N2OS/c13-11(14,15)8-1-2-9(12(16,17)18)7(5-8)6-20-10(22)19-3-4-21/h1-2,5,21H,3-4,6H2,(H2,19,20,22). The highest BCUT2D eigenvalue weighted by atomic mass is 32.1. The number of aliphatic hydroxyl groups is 1. The van der Waals surface area contributed by atoms with Gasteiger partial charge in [-0.05, 0) is 36.0 Å². The third-order valence-corrected chi connectivity index (χ3v) is 2.86. The van der Waals surface area contributed by atoms with Crippen LogP contribution in [-0.2, 0) is 18.9 Å². The highest BCUT2D eigenvalue weighted by Gasteiger charge is 2.36. The summed E-state index contributed by atoms with van der Waals surface area (Å²) in [4.78, 5) is 0. The average molecular weight is 346 g/mol. The number of thiocarbonyl (C=S) groups is 1. The first-order valence-corrected chi connectivity index (χ1v) is 6.36. The Kier molecular flexibility index (Phi) is 6.00. The summed E-state index contributed by atoms with van der Waals surface area (Å²) in [5, 5.41) is 13.3. The van der Waals surface area contributed by atoms with Crippen LogP contribution in [0.1, 0.15) is 16.7 Å². The molecule has 0 aliphatic carbocycles. The largest absolute Gasteiger partial charge is 0.416 e. The number of aliphatic hydroxyl groups excluding tert-OH is 1. The lowest BCUT2D eigenvalue weighted by molar-refractivity contribution is -0.141. The number of rotatable bonds is 4. The van der Waals surface area contributed by atoms with Crippen LogP contribution in [0.15, 0.2) is 18.2 Å². The van der Waals surface area contributed by atoms with Gasteiger partial charge in [0.2, 0.25) is 0 Å². The van der Waals surface area contributed by atoms with E-state index in [9.17, 15) is 26.3 Å². The second kappa shape index (κ2) is 7.14. The van der Waals surface area contributed by atoms with Crippen molar-refractivity contribution in [2.45, 2.75) is 18.9 Å². The van der Waals surface area contributed by atoms with Crippen LogP contribution in [0, 0.1) is 0 Å². The third kappa shape index (κ3) is 5.34. The lowest BCUT2D eigenvalue weighted by Crippen LogP contribution is -2.36. The van der Waals surface area contributed by atoms with Crippen LogP contribution in [0.25, 0.3) is 0 Å². The summed E-state index contributed by atoms with van der Waals surface area (Å²) < 4.78 is 76.2. The van der Waals surface area contributed by atoms with E-state index in [2.05, 4.69) is 10.6 Å². The van der Waals surface area contributed by atoms with Gasteiger partial charge in [0, 0.05) is 13.1 Å². The van der Waals surface area contributed by atoms with Gasteiger partial charge in [0.15, 0.2) is 5.11 Å². The van der Waals surface area contributed by atoms with Crippen molar-refractivity contribution < 1.29 is 31.4 Å². The topological polar surface area (TPSA) is 44.3 Å². The predicted octanol–water partition coefficient (Wildman–Crippen LogP) is 2.68. The molecule has 0 amide bonds. The average Bonchev–Trinajstić information content (AvgIpc) is 2.40. The molecule has 0 aliphatic heterocycles. The Morgan fingerprint density at radius 1 is 1.05 bits per heavy atom. The summed E-state index contributed by atoms with van der Waals surface area (Å²) in [6.45, 7) is -0.713. The van der Waals surface area contributed by atoms with E-state index < -0.39 is 35.6 Å². The van der Waals surface area contributed by atoms with Gasteiger partial charge < -0.3 is 15.7 Å². The Balaban J connectivity index is 3.00. The van der Waals surface area contributed by atoms with Crippen molar-refractivity contribution >= 4 is 17.3 Å². The fraction of sp³-hybridized carbons (Fsp3) is 0.417. The lowest BCUT2D eigenvalue weighted by Gasteiger charge is -2.17. The zero-order chi connectivity index (χ0) is 17.0. The minimum Gasteiger partial charge on any atom is -0.395 e. The quantitative estimate of drug-likeness (QED) is 0.579. The zero-order valence-electron chi connectivity index (χ0n) is 11.0. The van der Waals surface area contributed by atoms with E-state index in [0.717, 1.165) is 0 Å². The molecule has 124 valence electrons. The Labute approximate surface area is 127 Å². The minimum atomic E-state index is -4.78. The SMILES string of the molecule is OCCNC(=S)NCc1cc(C(F)(F)F)ccc1C(F)(F)F. The zero-order valence-corrected chi connectivity index (χ0v) is 11.8. The van der Waals surface area contributed by atoms with Gasteiger partial charge in [-0.1, -0.05) is 0 Å². The molecular formula is C12H12F6N2OS. The second-order valence-electron chi connectivity index (χ2n) is 4.20. The van der Waals surface area contributed by atoms with Gasteiger partial charge in [0.05, 0.1) is 17.7 Å².